The molecule has 3 nitrogen and oxygen atoms in total. The molecular formula is C11H9N3. The topological polar surface area (TPSA) is 48.2 Å². The first-order valence-electron chi connectivity index (χ1n) is 4.34. The number of hydrogen-bond acceptors (Lipinski definition) is 3. The largest absolute Gasteiger partial charge is 0.353 e. The van der Waals surface area contributed by atoms with Crippen LogP contribution in [0.15, 0.2) is 35.5 Å². The Morgan fingerprint density at radius 2 is 2.21 bits per heavy atom. The van der Waals surface area contributed by atoms with E-state index in [0.717, 1.165) is 11.1 Å². The highest BCUT2D eigenvalue weighted by atomic mass is 14.9. The predicted octanol–water partition coefficient (Wildman–Crippen LogP) is 1.53. The van der Waals surface area contributed by atoms with E-state index in [-0.39, 0.29) is 0 Å². The van der Waals surface area contributed by atoms with Gasteiger partial charge >= 0.3 is 0 Å². The molecule has 14 heavy (non-hydrogen) atoms. The van der Waals surface area contributed by atoms with Gasteiger partial charge in [0.25, 0.3) is 0 Å². The Morgan fingerprint density at radius 3 is 2.93 bits per heavy atom. The Morgan fingerprint density at radius 1 is 1.36 bits per heavy atom. The maximum Gasteiger partial charge on any atom is 0.0998 e. The highest BCUT2D eigenvalue weighted by molar-refractivity contribution is 5.76. The highest BCUT2D eigenvalue weighted by Crippen LogP contribution is 2.19. The van der Waals surface area contributed by atoms with E-state index in [1.165, 1.54) is 0 Å². The lowest BCUT2D eigenvalue weighted by atomic mass is 10.0. The molecular weight excluding hydrogens is 174 g/mol. The molecule has 1 heterocycles. The summed E-state index contributed by atoms with van der Waals surface area (Å²) < 4.78 is 0. The summed E-state index contributed by atoms with van der Waals surface area (Å²) in [6, 6.07) is 9.71. The van der Waals surface area contributed by atoms with Crippen LogP contribution in [-0.2, 0) is 0 Å². The standard InChI is InChI=1S/C11H9N3/c12-5-9-3-1-2-4-11(9)10-6-13-8-14-7-10/h1-4,6,8H,7H2,(H,13,14). The molecule has 0 saturated heterocycles. The summed E-state index contributed by atoms with van der Waals surface area (Å²) in [7, 11) is 0. The number of hydrogen-bond donors (Lipinski definition) is 1. The number of nitrogens with one attached hydrogen (secondary N) is 1. The van der Waals surface area contributed by atoms with Crippen LogP contribution in [0.3, 0.4) is 0 Å². The van der Waals surface area contributed by atoms with Crippen molar-refractivity contribution >= 4 is 11.9 Å². The second-order valence-corrected chi connectivity index (χ2v) is 2.96. The van der Waals surface area contributed by atoms with Crippen LogP contribution in [0.25, 0.3) is 5.57 Å². The van der Waals surface area contributed by atoms with Gasteiger partial charge in [-0.05, 0) is 17.2 Å². The van der Waals surface area contributed by atoms with Gasteiger partial charge in [0.05, 0.1) is 24.5 Å². The van der Waals surface area contributed by atoms with Crippen LogP contribution in [0.5, 0.6) is 0 Å². The van der Waals surface area contributed by atoms with Crippen LogP contribution in [0.2, 0.25) is 0 Å². The molecule has 0 fully saturated rings. The maximum atomic E-state index is 8.91. The smallest absolute Gasteiger partial charge is 0.0998 e. The molecule has 1 aromatic carbocycles. The molecule has 0 aliphatic carbocycles. The van der Waals surface area contributed by atoms with Gasteiger partial charge in [-0.25, -0.2) is 0 Å². The molecule has 68 valence electrons. The minimum absolute atomic E-state index is 0.631. The zero-order chi connectivity index (χ0) is 9.80. The Bertz CT molecular complexity index is 438. The first kappa shape index (κ1) is 8.52. The summed E-state index contributed by atoms with van der Waals surface area (Å²) in [6.07, 6.45) is 3.53. The maximum absolute atomic E-state index is 8.91. The van der Waals surface area contributed by atoms with Crippen LogP contribution in [0, 0.1) is 11.3 Å². The lowest BCUT2D eigenvalue weighted by Crippen LogP contribution is -2.10. The minimum Gasteiger partial charge on any atom is -0.353 e. The Labute approximate surface area is 82.4 Å². The molecule has 1 N–H and O–H groups in total. The van der Waals surface area contributed by atoms with Crippen molar-refractivity contribution < 1.29 is 0 Å². The summed E-state index contributed by atoms with van der Waals surface area (Å²) >= 11 is 0. The fourth-order valence-corrected chi connectivity index (χ4v) is 1.40. The molecule has 0 radical (unpaired) electrons. The van der Waals surface area contributed by atoms with Gasteiger partial charge in [0.1, 0.15) is 0 Å². The van der Waals surface area contributed by atoms with E-state index in [1.807, 2.05) is 30.5 Å². The van der Waals surface area contributed by atoms with Crippen molar-refractivity contribution in [3.05, 3.63) is 41.6 Å². The molecule has 1 aliphatic heterocycles. The second-order valence-electron chi connectivity index (χ2n) is 2.96. The molecule has 1 aliphatic rings. The molecule has 0 atom stereocenters. The zero-order valence-electron chi connectivity index (χ0n) is 7.57. The molecule has 0 saturated carbocycles. The lowest BCUT2D eigenvalue weighted by Gasteiger charge is -2.10. The quantitative estimate of drug-likeness (QED) is 0.717. The van der Waals surface area contributed by atoms with Gasteiger partial charge in [0.15, 0.2) is 0 Å². The van der Waals surface area contributed by atoms with Crippen LogP contribution >= 0.6 is 0 Å². The number of rotatable bonds is 1. The van der Waals surface area contributed by atoms with Crippen molar-refractivity contribution in [2.24, 2.45) is 4.99 Å². The van der Waals surface area contributed by atoms with Crippen LogP contribution < -0.4 is 5.32 Å². The van der Waals surface area contributed by atoms with E-state index in [4.69, 9.17) is 5.26 Å². The van der Waals surface area contributed by atoms with E-state index >= 15 is 0 Å². The Balaban J connectivity index is 2.41. The SMILES string of the molecule is N#Cc1ccccc1C1=CNC=NC1. The van der Waals surface area contributed by atoms with Gasteiger partial charge < -0.3 is 5.32 Å². The number of nitrogens with zero attached hydrogens (tertiary/aromatic N) is 2. The van der Waals surface area contributed by atoms with Gasteiger partial charge in [-0.15, -0.1) is 0 Å². The van der Waals surface area contributed by atoms with Gasteiger partial charge in [0.2, 0.25) is 0 Å². The van der Waals surface area contributed by atoms with Gasteiger partial charge in [-0.3, -0.25) is 4.99 Å². The number of benzene rings is 1. The minimum atomic E-state index is 0.631. The van der Waals surface area contributed by atoms with E-state index in [9.17, 15) is 0 Å². The van der Waals surface area contributed by atoms with Crippen molar-refractivity contribution in [1.82, 2.24) is 5.32 Å². The van der Waals surface area contributed by atoms with Crippen LogP contribution in [-0.4, -0.2) is 12.9 Å². The molecule has 2 rings (SSSR count). The fourth-order valence-electron chi connectivity index (χ4n) is 1.40. The third kappa shape index (κ3) is 1.50. The molecule has 0 aromatic heterocycles. The first-order valence-corrected chi connectivity index (χ1v) is 4.34. The van der Waals surface area contributed by atoms with Crippen LogP contribution in [0.1, 0.15) is 11.1 Å². The zero-order valence-corrected chi connectivity index (χ0v) is 7.57. The summed E-state index contributed by atoms with van der Waals surface area (Å²) in [4.78, 5) is 4.10. The summed E-state index contributed by atoms with van der Waals surface area (Å²) in [6.45, 7) is 0.631. The summed E-state index contributed by atoms with van der Waals surface area (Å²) in [5.74, 6) is 0. The average molecular weight is 183 g/mol. The van der Waals surface area contributed by atoms with Gasteiger partial charge in [0, 0.05) is 6.20 Å². The number of nitriles is 1. The van der Waals surface area contributed by atoms with Gasteiger partial charge in [-0.2, -0.15) is 5.26 Å². The van der Waals surface area contributed by atoms with E-state index in [1.54, 1.807) is 6.34 Å². The van der Waals surface area contributed by atoms with Crippen molar-refractivity contribution in [1.29, 1.82) is 5.26 Å². The lowest BCUT2D eigenvalue weighted by molar-refractivity contribution is 1.15. The monoisotopic (exact) mass is 183 g/mol. The Kier molecular flexibility index (Phi) is 2.28. The van der Waals surface area contributed by atoms with Crippen molar-refractivity contribution in [3.8, 4) is 6.07 Å². The summed E-state index contributed by atoms with van der Waals surface area (Å²) in [5, 5.41) is 11.8. The first-order chi connectivity index (χ1) is 6.92. The predicted molar refractivity (Wildman–Crippen MR) is 55.6 cm³/mol. The molecule has 1 aromatic rings. The summed E-state index contributed by atoms with van der Waals surface area (Å²) in [5.41, 5.74) is 2.70. The third-order valence-electron chi connectivity index (χ3n) is 2.08. The average Bonchev–Trinajstić information content (AvgIpc) is 2.30. The van der Waals surface area contributed by atoms with Crippen LogP contribution in [0.4, 0.5) is 0 Å². The fraction of sp³-hybridized carbons (Fsp3) is 0.0909. The molecule has 0 unspecified atom stereocenters. The Hall–Kier alpha value is -2.08. The highest BCUT2D eigenvalue weighted by Gasteiger charge is 2.07. The van der Waals surface area contributed by atoms with E-state index in [0.29, 0.717) is 12.1 Å². The third-order valence-corrected chi connectivity index (χ3v) is 2.08. The molecule has 0 bridgehead atoms. The van der Waals surface area contributed by atoms with Crippen molar-refractivity contribution in [3.63, 3.8) is 0 Å². The number of aliphatic imine (C=N–C) groups is 1. The van der Waals surface area contributed by atoms with E-state index < -0.39 is 0 Å². The van der Waals surface area contributed by atoms with E-state index in [2.05, 4.69) is 16.4 Å². The van der Waals surface area contributed by atoms with Crippen molar-refractivity contribution in [2.75, 3.05) is 6.54 Å². The molecule has 0 amide bonds. The normalized spacial score (nSPS) is 14.1. The molecule has 3 heteroatoms. The molecule has 0 spiro atoms. The van der Waals surface area contributed by atoms with Gasteiger partial charge in [-0.1, -0.05) is 18.2 Å². The van der Waals surface area contributed by atoms with Crippen molar-refractivity contribution in [2.45, 2.75) is 0 Å². The second kappa shape index (κ2) is 3.75.